The van der Waals surface area contributed by atoms with Crippen LogP contribution in [0, 0.1) is 0 Å². The number of benzene rings is 3. The molecule has 0 aliphatic rings. The maximum Gasteiger partial charge on any atom is 0.257 e. The van der Waals surface area contributed by atoms with Crippen LogP contribution in [0.5, 0.6) is 0 Å². The summed E-state index contributed by atoms with van der Waals surface area (Å²) in [5.41, 5.74) is 2.72. The molecule has 0 aliphatic heterocycles. The van der Waals surface area contributed by atoms with Crippen molar-refractivity contribution < 1.29 is 9.59 Å². The predicted octanol–water partition coefficient (Wildman–Crippen LogP) is 4.65. The Morgan fingerprint density at radius 2 is 1.48 bits per heavy atom. The smallest absolute Gasteiger partial charge is 0.257 e. The minimum atomic E-state index is -0.352. The molecule has 3 N–H and O–H groups in total. The predicted molar refractivity (Wildman–Crippen MR) is 120 cm³/mol. The number of nitrogens with one attached hydrogen (secondary N) is 3. The Morgan fingerprint density at radius 1 is 0.828 bits per heavy atom. The summed E-state index contributed by atoms with van der Waals surface area (Å²) in [6.07, 6.45) is 0.306. The van der Waals surface area contributed by atoms with Crippen molar-refractivity contribution in [3.05, 3.63) is 95.0 Å². The van der Waals surface area contributed by atoms with Crippen LogP contribution in [0.1, 0.15) is 15.9 Å². The number of hydrogen-bond donors (Lipinski definition) is 3. The van der Waals surface area contributed by atoms with E-state index in [9.17, 15) is 9.59 Å². The van der Waals surface area contributed by atoms with E-state index in [1.165, 1.54) is 0 Å². The van der Waals surface area contributed by atoms with Crippen molar-refractivity contribution in [2.75, 3.05) is 10.6 Å². The molecule has 146 valence electrons. The third-order valence-electron chi connectivity index (χ3n) is 3.95. The van der Waals surface area contributed by atoms with Gasteiger partial charge in [-0.15, -0.1) is 0 Å². The summed E-state index contributed by atoms with van der Waals surface area (Å²) >= 11 is 11.1. The van der Waals surface area contributed by atoms with Gasteiger partial charge in [0.1, 0.15) is 0 Å². The highest BCUT2D eigenvalue weighted by molar-refractivity contribution is 7.80. The number of anilines is 2. The minimum absolute atomic E-state index is 0.0961. The molecule has 0 saturated carbocycles. The first-order valence-corrected chi connectivity index (χ1v) is 9.60. The van der Waals surface area contributed by atoms with Gasteiger partial charge in [0.05, 0.1) is 6.42 Å². The molecule has 0 heterocycles. The van der Waals surface area contributed by atoms with Crippen molar-refractivity contribution in [1.29, 1.82) is 0 Å². The summed E-state index contributed by atoms with van der Waals surface area (Å²) in [5, 5.41) is 9.01. The van der Waals surface area contributed by atoms with Crippen molar-refractivity contribution >= 4 is 52.1 Å². The van der Waals surface area contributed by atoms with Crippen LogP contribution in [0.3, 0.4) is 0 Å². The minimum Gasteiger partial charge on any atom is -0.332 e. The SMILES string of the molecule is O=C(Cc1ccccc1)Nc1ccc(NC(=S)NC(=O)c2cccc(Cl)c2)cc1. The van der Waals surface area contributed by atoms with Crippen LogP contribution in [-0.2, 0) is 11.2 Å². The zero-order valence-electron chi connectivity index (χ0n) is 15.3. The molecule has 3 aromatic carbocycles. The number of thiocarbonyl (C=S) groups is 1. The van der Waals surface area contributed by atoms with E-state index in [0.717, 1.165) is 5.56 Å². The van der Waals surface area contributed by atoms with Gasteiger partial charge in [-0.1, -0.05) is 48.0 Å². The van der Waals surface area contributed by atoms with Crippen LogP contribution in [-0.4, -0.2) is 16.9 Å². The van der Waals surface area contributed by atoms with Crippen molar-refractivity contribution in [2.24, 2.45) is 0 Å². The van der Waals surface area contributed by atoms with Crippen LogP contribution in [0.25, 0.3) is 0 Å². The third-order valence-corrected chi connectivity index (χ3v) is 4.39. The lowest BCUT2D eigenvalue weighted by molar-refractivity contribution is -0.115. The Labute approximate surface area is 179 Å². The molecule has 7 heteroatoms. The molecule has 0 unspecified atom stereocenters. The average Bonchev–Trinajstić information content (AvgIpc) is 2.70. The van der Waals surface area contributed by atoms with Gasteiger partial charge < -0.3 is 10.6 Å². The van der Waals surface area contributed by atoms with Gasteiger partial charge in [-0.25, -0.2) is 0 Å². The number of rotatable bonds is 5. The topological polar surface area (TPSA) is 70.2 Å². The fraction of sp³-hybridized carbons (Fsp3) is 0.0455. The Bertz CT molecular complexity index is 1020. The summed E-state index contributed by atoms with van der Waals surface area (Å²) in [6, 6.07) is 23.2. The number of hydrogen-bond acceptors (Lipinski definition) is 3. The number of halogens is 1. The number of amides is 2. The van der Waals surface area contributed by atoms with Crippen molar-refractivity contribution in [2.45, 2.75) is 6.42 Å². The third kappa shape index (κ3) is 6.41. The first kappa shape index (κ1) is 20.5. The lowest BCUT2D eigenvalue weighted by Crippen LogP contribution is -2.34. The molecule has 3 aromatic rings. The summed E-state index contributed by atoms with van der Waals surface area (Å²) in [5.74, 6) is -0.448. The molecule has 0 atom stereocenters. The van der Waals surface area contributed by atoms with Crippen LogP contribution in [0.15, 0.2) is 78.9 Å². The molecule has 0 fully saturated rings. The summed E-state index contributed by atoms with van der Waals surface area (Å²) < 4.78 is 0. The molecule has 3 rings (SSSR count). The van der Waals surface area contributed by atoms with E-state index in [1.807, 2.05) is 30.3 Å². The maximum atomic E-state index is 12.2. The average molecular weight is 424 g/mol. The largest absolute Gasteiger partial charge is 0.332 e. The van der Waals surface area contributed by atoms with Crippen molar-refractivity contribution in [3.8, 4) is 0 Å². The van der Waals surface area contributed by atoms with E-state index in [2.05, 4.69) is 16.0 Å². The molecular formula is C22H18ClN3O2S. The highest BCUT2D eigenvalue weighted by Crippen LogP contribution is 2.15. The monoisotopic (exact) mass is 423 g/mol. The molecule has 0 aromatic heterocycles. The molecular weight excluding hydrogens is 406 g/mol. The maximum absolute atomic E-state index is 12.2. The fourth-order valence-corrected chi connectivity index (χ4v) is 2.99. The Kier molecular flexibility index (Phi) is 6.94. The van der Waals surface area contributed by atoms with Crippen LogP contribution < -0.4 is 16.0 Å². The fourth-order valence-electron chi connectivity index (χ4n) is 2.59. The highest BCUT2D eigenvalue weighted by atomic mass is 35.5. The van der Waals surface area contributed by atoms with Gasteiger partial charge in [0.15, 0.2) is 5.11 Å². The lowest BCUT2D eigenvalue weighted by atomic mass is 10.1. The van der Waals surface area contributed by atoms with Crippen LogP contribution in [0.2, 0.25) is 5.02 Å². The van der Waals surface area contributed by atoms with Gasteiger partial charge in [-0.3, -0.25) is 14.9 Å². The summed E-state index contributed by atoms with van der Waals surface area (Å²) in [6.45, 7) is 0. The summed E-state index contributed by atoms with van der Waals surface area (Å²) in [4.78, 5) is 24.3. The second-order valence-electron chi connectivity index (χ2n) is 6.21. The van der Waals surface area contributed by atoms with Gasteiger partial charge in [0, 0.05) is 22.0 Å². The van der Waals surface area contributed by atoms with Gasteiger partial charge in [-0.2, -0.15) is 0 Å². The summed E-state index contributed by atoms with van der Waals surface area (Å²) in [7, 11) is 0. The van der Waals surface area contributed by atoms with Crippen molar-refractivity contribution in [3.63, 3.8) is 0 Å². The van der Waals surface area contributed by atoms with E-state index in [4.69, 9.17) is 23.8 Å². The molecule has 0 radical (unpaired) electrons. The zero-order valence-corrected chi connectivity index (χ0v) is 16.9. The van der Waals surface area contributed by atoms with E-state index < -0.39 is 0 Å². The van der Waals surface area contributed by atoms with Gasteiger partial charge >= 0.3 is 0 Å². The molecule has 0 spiro atoms. The van der Waals surface area contributed by atoms with E-state index in [0.29, 0.717) is 28.4 Å². The van der Waals surface area contributed by atoms with Gasteiger partial charge in [0.2, 0.25) is 5.91 Å². The zero-order chi connectivity index (χ0) is 20.6. The standard InChI is InChI=1S/C22H18ClN3O2S/c23-17-8-4-7-16(14-17)21(28)26-22(29)25-19-11-9-18(10-12-19)24-20(27)13-15-5-2-1-3-6-15/h1-12,14H,13H2,(H,24,27)(H2,25,26,28,29). The molecule has 5 nitrogen and oxygen atoms in total. The Balaban J connectivity index is 1.51. The second-order valence-corrected chi connectivity index (χ2v) is 7.05. The highest BCUT2D eigenvalue weighted by Gasteiger charge is 2.09. The van der Waals surface area contributed by atoms with E-state index in [1.54, 1.807) is 48.5 Å². The van der Waals surface area contributed by atoms with E-state index >= 15 is 0 Å². The number of carbonyl (C=O) groups is 2. The molecule has 29 heavy (non-hydrogen) atoms. The first-order chi connectivity index (χ1) is 14.0. The molecule has 2 amide bonds. The Hall–Kier alpha value is -3.22. The van der Waals surface area contributed by atoms with Crippen LogP contribution >= 0.6 is 23.8 Å². The Morgan fingerprint density at radius 3 is 2.14 bits per heavy atom. The van der Waals surface area contributed by atoms with Crippen LogP contribution in [0.4, 0.5) is 11.4 Å². The molecule has 0 bridgehead atoms. The van der Waals surface area contributed by atoms with E-state index in [-0.39, 0.29) is 16.9 Å². The normalized spacial score (nSPS) is 10.1. The lowest BCUT2D eigenvalue weighted by Gasteiger charge is -2.11. The quantitative estimate of drug-likeness (QED) is 0.522. The second kappa shape index (κ2) is 9.82. The van der Waals surface area contributed by atoms with Gasteiger partial charge in [0.25, 0.3) is 5.91 Å². The van der Waals surface area contributed by atoms with Gasteiger partial charge in [-0.05, 0) is 60.2 Å². The molecule has 0 aliphatic carbocycles. The first-order valence-electron chi connectivity index (χ1n) is 8.81. The van der Waals surface area contributed by atoms with Crippen molar-refractivity contribution in [1.82, 2.24) is 5.32 Å². The molecule has 0 saturated heterocycles. The number of carbonyl (C=O) groups excluding carboxylic acids is 2.